The quantitative estimate of drug-likeness (QED) is 0.843. The summed E-state index contributed by atoms with van der Waals surface area (Å²) in [5, 5.41) is 5.47. The van der Waals surface area contributed by atoms with Gasteiger partial charge in [-0.25, -0.2) is 13.2 Å². The Kier molecular flexibility index (Phi) is 5.46. The van der Waals surface area contributed by atoms with E-state index in [0.717, 1.165) is 11.1 Å². The SMILES string of the molecule is Cc1ccc(NC(=O)NC2CCS(=O)(=O)C2)c(OCc2ccccc2)c1. The molecule has 1 fully saturated rings. The molecule has 0 radical (unpaired) electrons. The lowest BCUT2D eigenvalue weighted by Crippen LogP contribution is -2.38. The maximum absolute atomic E-state index is 12.2. The molecule has 138 valence electrons. The second-order valence-corrected chi connectivity index (χ2v) is 8.70. The molecule has 1 saturated heterocycles. The number of anilines is 1. The van der Waals surface area contributed by atoms with Gasteiger partial charge in [-0.05, 0) is 36.6 Å². The number of hydrogen-bond acceptors (Lipinski definition) is 4. The molecule has 1 aliphatic rings. The Morgan fingerprint density at radius 1 is 1.19 bits per heavy atom. The molecule has 0 spiro atoms. The first-order valence-corrected chi connectivity index (χ1v) is 10.3. The van der Waals surface area contributed by atoms with E-state index < -0.39 is 15.9 Å². The van der Waals surface area contributed by atoms with Crippen LogP contribution in [0.15, 0.2) is 48.5 Å². The fourth-order valence-corrected chi connectivity index (χ4v) is 4.51. The number of ether oxygens (including phenoxy) is 1. The van der Waals surface area contributed by atoms with Gasteiger partial charge in [0.15, 0.2) is 9.84 Å². The second kappa shape index (κ2) is 7.78. The van der Waals surface area contributed by atoms with E-state index in [1.54, 1.807) is 6.07 Å². The molecule has 7 heteroatoms. The van der Waals surface area contributed by atoms with Crippen molar-refractivity contribution in [3.8, 4) is 5.75 Å². The fraction of sp³-hybridized carbons (Fsp3) is 0.316. The van der Waals surface area contributed by atoms with Crippen molar-refractivity contribution >= 4 is 21.6 Å². The molecule has 2 N–H and O–H groups in total. The van der Waals surface area contributed by atoms with E-state index in [0.29, 0.717) is 24.5 Å². The summed E-state index contributed by atoms with van der Waals surface area (Å²) in [6, 6.07) is 14.5. The number of carbonyl (C=O) groups excluding carboxylic acids is 1. The van der Waals surface area contributed by atoms with Gasteiger partial charge in [0, 0.05) is 6.04 Å². The van der Waals surface area contributed by atoms with Crippen LogP contribution in [0, 0.1) is 6.92 Å². The van der Waals surface area contributed by atoms with Gasteiger partial charge in [-0.3, -0.25) is 0 Å². The molecule has 2 aromatic carbocycles. The van der Waals surface area contributed by atoms with Crippen LogP contribution < -0.4 is 15.4 Å². The smallest absolute Gasteiger partial charge is 0.319 e. The predicted octanol–water partition coefficient (Wildman–Crippen LogP) is 2.88. The topological polar surface area (TPSA) is 84.5 Å². The van der Waals surface area contributed by atoms with Crippen molar-refractivity contribution in [1.29, 1.82) is 0 Å². The van der Waals surface area contributed by atoms with Gasteiger partial charge in [0.25, 0.3) is 0 Å². The van der Waals surface area contributed by atoms with Crippen molar-refractivity contribution in [2.45, 2.75) is 26.0 Å². The molecule has 0 aliphatic carbocycles. The lowest BCUT2D eigenvalue weighted by atomic mass is 10.2. The van der Waals surface area contributed by atoms with E-state index in [4.69, 9.17) is 4.74 Å². The number of rotatable bonds is 5. The third-order valence-corrected chi connectivity index (χ3v) is 5.96. The zero-order chi connectivity index (χ0) is 18.6. The van der Waals surface area contributed by atoms with Crippen LogP contribution >= 0.6 is 0 Å². The Morgan fingerprint density at radius 3 is 2.65 bits per heavy atom. The van der Waals surface area contributed by atoms with Gasteiger partial charge >= 0.3 is 6.03 Å². The minimum absolute atomic E-state index is 0.00825. The summed E-state index contributed by atoms with van der Waals surface area (Å²) < 4.78 is 28.9. The van der Waals surface area contributed by atoms with Crippen LogP contribution in [0.1, 0.15) is 17.5 Å². The molecule has 0 bridgehead atoms. The average molecular weight is 374 g/mol. The van der Waals surface area contributed by atoms with Crippen LogP contribution in [0.5, 0.6) is 5.75 Å². The van der Waals surface area contributed by atoms with E-state index in [-0.39, 0.29) is 17.5 Å². The Balaban J connectivity index is 1.64. The minimum atomic E-state index is -3.03. The first-order chi connectivity index (χ1) is 12.4. The lowest BCUT2D eigenvalue weighted by molar-refractivity contribution is 0.249. The highest BCUT2D eigenvalue weighted by Gasteiger charge is 2.29. The van der Waals surface area contributed by atoms with Crippen molar-refractivity contribution in [3.05, 3.63) is 59.7 Å². The van der Waals surface area contributed by atoms with E-state index in [1.165, 1.54) is 0 Å². The molecular formula is C19H22N2O4S. The molecule has 1 unspecified atom stereocenters. The molecule has 0 saturated carbocycles. The molecule has 2 aromatic rings. The first kappa shape index (κ1) is 18.3. The highest BCUT2D eigenvalue weighted by atomic mass is 32.2. The standard InChI is InChI=1S/C19H22N2O4S/c1-14-7-8-17(18(11-14)25-12-15-5-3-2-4-6-15)21-19(22)20-16-9-10-26(23,24)13-16/h2-8,11,16H,9-10,12-13H2,1H3,(H2,20,21,22). The number of aryl methyl sites for hydroxylation is 1. The van der Waals surface area contributed by atoms with Crippen molar-refractivity contribution in [1.82, 2.24) is 5.32 Å². The van der Waals surface area contributed by atoms with E-state index >= 15 is 0 Å². The molecule has 0 aromatic heterocycles. The molecule has 3 rings (SSSR count). The Labute approximate surface area is 153 Å². The third-order valence-electron chi connectivity index (χ3n) is 4.19. The number of amides is 2. The van der Waals surface area contributed by atoms with Crippen molar-refractivity contribution in [2.75, 3.05) is 16.8 Å². The van der Waals surface area contributed by atoms with E-state index in [2.05, 4.69) is 10.6 Å². The summed E-state index contributed by atoms with van der Waals surface area (Å²) >= 11 is 0. The van der Waals surface area contributed by atoms with Crippen LogP contribution in [0.4, 0.5) is 10.5 Å². The molecular weight excluding hydrogens is 352 g/mol. The fourth-order valence-electron chi connectivity index (χ4n) is 2.84. The number of hydrogen-bond donors (Lipinski definition) is 2. The summed E-state index contributed by atoms with van der Waals surface area (Å²) in [5.74, 6) is 0.683. The second-order valence-electron chi connectivity index (χ2n) is 6.47. The lowest BCUT2D eigenvalue weighted by Gasteiger charge is -2.16. The van der Waals surface area contributed by atoms with Crippen LogP contribution in [0.3, 0.4) is 0 Å². The number of carbonyl (C=O) groups is 1. The molecule has 1 aliphatic heterocycles. The Hall–Kier alpha value is -2.54. The highest BCUT2D eigenvalue weighted by molar-refractivity contribution is 7.91. The molecule has 1 heterocycles. The third kappa shape index (κ3) is 4.98. The van der Waals surface area contributed by atoms with E-state index in [1.807, 2.05) is 49.4 Å². The van der Waals surface area contributed by atoms with Crippen LogP contribution in [-0.4, -0.2) is 32.0 Å². The molecule has 1 atom stereocenters. The van der Waals surface area contributed by atoms with Crippen LogP contribution in [-0.2, 0) is 16.4 Å². The monoisotopic (exact) mass is 374 g/mol. The largest absolute Gasteiger partial charge is 0.487 e. The summed E-state index contributed by atoms with van der Waals surface area (Å²) in [6.45, 7) is 2.34. The summed E-state index contributed by atoms with van der Waals surface area (Å²) in [6.07, 6.45) is 0.445. The minimum Gasteiger partial charge on any atom is -0.487 e. The maximum atomic E-state index is 12.2. The van der Waals surface area contributed by atoms with Crippen molar-refractivity contribution < 1.29 is 17.9 Å². The van der Waals surface area contributed by atoms with Gasteiger partial charge in [0.2, 0.25) is 0 Å². The van der Waals surface area contributed by atoms with Crippen molar-refractivity contribution in [2.24, 2.45) is 0 Å². The van der Waals surface area contributed by atoms with Gasteiger partial charge in [0.05, 0.1) is 17.2 Å². The summed E-state index contributed by atoms with van der Waals surface area (Å²) in [7, 11) is -3.03. The highest BCUT2D eigenvalue weighted by Crippen LogP contribution is 2.27. The van der Waals surface area contributed by atoms with Gasteiger partial charge in [-0.15, -0.1) is 0 Å². The van der Waals surface area contributed by atoms with Gasteiger partial charge in [-0.2, -0.15) is 0 Å². The van der Waals surface area contributed by atoms with E-state index in [9.17, 15) is 13.2 Å². The predicted molar refractivity (Wildman–Crippen MR) is 101 cm³/mol. The summed E-state index contributed by atoms with van der Waals surface area (Å²) in [4.78, 5) is 12.2. The number of urea groups is 1. The Morgan fingerprint density at radius 2 is 1.96 bits per heavy atom. The normalized spacial score (nSPS) is 18.3. The average Bonchev–Trinajstić information content (AvgIpc) is 2.94. The van der Waals surface area contributed by atoms with Gasteiger partial charge in [0.1, 0.15) is 12.4 Å². The number of benzene rings is 2. The maximum Gasteiger partial charge on any atom is 0.319 e. The van der Waals surface area contributed by atoms with Crippen LogP contribution in [0.2, 0.25) is 0 Å². The van der Waals surface area contributed by atoms with Crippen molar-refractivity contribution in [3.63, 3.8) is 0 Å². The zero-order valence-corrected chi connectivity index (χ0v) is 15.4. The number of sulfone groups is 1. The Bertz CT molecular complexity index is 882. The zero-order valence-electron chi connectivity index (χ0n) is 14.6. The number of nitrogens with one attached hydrogen (secondary N) is 2. The molecule has 2 amide bonds. The molecule has 6 nitrogen and oxygen atoms in total. The van der Waals surface area contributed by atoms with Crippen LogP contribution in [0.25, 0.3) is 0 Å². The summed E-state index contributed by atoms with van der Waals surface area (Å²) in [5.41, 5.74) is 2.59. The first-order valence-electron chi connectivity index (χ1n) is 8.47. The molecule has 26 heavy (non-hydrogen) atoms. The van der Waals surface area contributed by atoms with Gasteiger partial charge < -0.3 is 15.4 Å². The van der Waals surface area contributed by atoms with Gasteiger partial charge in [-0.1, -0.05) is 36.4 Å².